The zero-order chi connectivity index (χ0) is 11.8. The van der Waals surface area contributed by atoms with Crippen molar-refractivity contribution >= 4 is 0 Å². The lowest BCUT2D eigenvalue weighted by Crippen LogP contribution is -2.61. The monoisotopic (exact) mass is 239 g/mol. The molecule has 0 aromatic rings. The highest BCUT2D eigenvalue weighted by molar-refractivity contribution is 4.99. The van der Waals surface area contributed by atoms with Gasteiger partial charge in [0.1, 0.15) is 0 Å². The van der Waals surface area contributed by atoms with Gasteiger partial charge in [0.25, 0.3) is 0 Å². The molecular weight excluding hydrogens is 214 g/mol. The minimum atomic E-state index is -0.370. The lowest BCUT2D eigenvalue weighted by molar-refractivity contribution is -0.116. The van der Waals surface area contributed by atoms with Crippen molar-refractivity contribution in [1.82, 2.24) is 4.90 Å². The van der Waals surface area contributed by atoms with Crippen LogP contribution < -0.4 is 0 Å². The van der Waals surface area contributed by atoms with Gasteiger partial charge in [-0.05, 0) is 25.7 Å². The molecule has 3 aliphatic rings. The fraction of sp³-hybridized carbons (Fsp3) is 1.00. The maximum atomic E-state index is 10.5. The van der Waals surface area contributed by atoms with Gasteiger partial charge in [-0.1, -0.05) is 19.3 Å². The van der Waals surface area contributed by atoms with Crippen molar-refractivity contribution < 1.29 is 9.84 Å². The molecule has 3 heteroatoms. The van der Waals surface area contributed by atoms with Crippen molar-refractivity contribution in [3.8, 4) is 0 Å². The van der Waals surface area contributed by atoms with Crippen molar-refractivity contribution in [3.05, 3.63) is 0 Å². The topological polar surface area (TPSA) is 32.7 Å². The second-order valence-electron chi connectivity index (χ2n) is 6.54. The summed E-state index contributed by atoms with van der Waals surface area (Å²) < 4.78 is 5.44. The first kappa shape index (κ1) is 11.9. The van der Waals surface area contributed by atoms with Gasteiger partial charge >= 0.3 is 0 Å². The van der Waals surface area contributed by atoms with Gasteiger partial charge in [0.05, 0.1) is 5.60 Å². The van der Waals surface area contributed by atoms with Gasteiger partial charge in [0.2, 0.25) is 0 Å². The number of ether oxygens (including phenoxy) is 1. The second kappa shape index (κ2) is 4.52. The van der Waals surface area contributed by atoms with Crippen LogP contribution in [-0.2, 0) is 4.74 Å². The molecule has 2 heterocycles. The summed E-state index contributed by atoms with van der Waals surface area (Å²) in [6, 6.07) is 0. The SMILES string of the molecule is OC1(CN2CC3(CCOCC3)C2)CCCCC1. The van der Waals surface area contributed by atoms with E-state index in [0.29, 0.717) is 5.41 Å². The van der Waals surface area contributed by atoms with Crippen LogP contribution in [0.25, 0.3) is 0 Å². The normalized spacial score (nSPS) is 32.3. The van der Waals surface area contributed by atoms with E-state index >= 15 is 0 Å². The van der Waals surface area contributed by atoms with Crippen LogP contribution in [0.1, 0.15) is 44.9 Å². The predicted octanol–water partition coefficient (Wildman–Crippen LogP) is 1.79. The number of rotatable bonds is 2. The molecule has 0 unspecified atom stereocenters. The highest BCUT2D eigenvalue weighted by Crippen LogP contribution is 2.41. The van der Waals surface area contributed by atoms with Crippen molar-refractivity contribution in [2.75, 3.05) is 32.8 Å². The summed E-state index contributed by atoms with van der Waals surface area (Å²) in [5.41, 5.74) is 0.175. The Morgan fingerprint density at radius 3 is 2.24 bits per heavy atom. The molecule has 1 aliphatic carbocycles. The quantitative estimate of drug-likeness (QED) is 0.797. The highest BCUT2D eigenvalue weighted by atomic mass is 16.5. The minimum Gasteiger partial charge on any atom is -0.389 e. The first-order valence-electron chi connectivity index (χ1n) is 7.22. The van der Waals surface area contributed by atoms with Crippen molar-refractivity contribution in [2.45, 2.75) is 50.5 Å². The van der Waals surface area contributed by atoms with Crippen LogP contribution in [0.4, 0.5) is 0 Å². The predicted molar refractivity (Wildman–Crippen MR) is 67.0 cm³/mol. The number of β-amino-alcohol motifs (C(OH)–C–C–N with tert-alkyl or cyclic N) is 1. The van der Waals surface area contributed by atoms with Crippen LogP contribution in [0.15, 0.2) is 0 Å². The van der Waals surface area contributed by atoms with Gasteiger partial charge in [0.15, 0.2) is 0 Å². The molecule has 2 saturated heterocycles. The number of hydrogen-bond donors (Lipinski definition) is 1. The summed E-state index contributed by atoms with van der Waals surface area (Å²) in [6.07, 6.45) is 8.21. The molecule has 1 N–H and O–H groups in total. The second-order valence-corrected chi connectivity index (χ2v) is 6.54. The zero-order valence-corrected chi connectivity index (χ0v) is 10.8. The average Bonchev–Trinajstić information content (AvgIpc) is 2.29. The minimum absolute atomic E-state index is 0.370. The fourth-order valence-electron chi connectivity index (χ4n) is 3.92. The molecule has 0 bridgehead atoms. The third-order valence-corrected chi connectivity index (χ3v) is 4.97. The summed E-state index contributed by atoms with van der Waals surface area (Å²) in [7, 11) is 0. The summed E-state index contributed by atoms with van der Waals surface area (Å²) in [5, 5.41) is 10.5. The molecule has 0 aromatic carbocycles. The number of nitrogens with zero attached hydrogens (tertiary/aromatic N) is 1. The first-order chi connectivity index (χ1) is 8.20. The molecule has 2 aliphatic heterocycles. The summed E-state index contributed by atoms with van der Waals surface area (Å²) in [4.78, 5) is 2.47. The van der Waals surface area contributed by atoms with Crippen LogP contribution in [0.3, 0.4) is 0 Å². The van der Waals surface area contributed by atoms with Crippen molar-refractivity contribution in [3.63, 3.8) is 0 Å². The van der Waals surface area contributed by atoms with Crippen LogP contribution in [0, 0.1) is 5.41 Å². The lowest BCUT2D eigenvalue weighted by Gasteiger charge is -2.54. The van der Waals surface area contributed by atoms with E-state index in [0.717, 1.165) is 32.6 Å². The smallest absolute Gasteiger partial charge is 0.0774 e. The maximum absolute atomic E-state index is 10.5. The number of hydrogen-bond acceptors (Lipinski definition) is 3. The molecular formula is C14H25NO2. The maximum Gasteiger partial charge on any atom is 0.0774 e. The number of likely N-dealkylation sites (tertiary alicyclic amines) is 1. The zero-order valence-electron chi connectivity index (χ0n) is 10.8. The Morgan fingerprint density at radius 2 is 1.59 bits per heavy atom. The van der Waals surface area contributed by atoms with E-state index in [9.17, 15) is 5.11 Å². The molecule has 17 heavy (non-hydrogen) atoms. The Labute approximate surface area is 104 Å². The van der Waals surface area contributed by atoms with E-state index < -0.39 is 0 Å². The van der Waals surface area contributed by atoms with Gasteiger partial charge in [-0.15, -0.1) is 0 Å². The molecule has 0 atom stereocenters. The van der Waals surface area contributed by atoms with Crippen molar-refractivity contribution in [1.29, 1.82) is 0 Å². The van der Waals surface area contributed by atoms with E-state index in [1.807, 2.05) is 0 Å². The van der Waals surface area contributed by atoms with E-state index in [4.69, 9.17) is 4.74 Å². The Bertz CT molecular complexity index is 259. The first-order valence-corrected chi connectivity index (χ1v) is 7.22. The van der Waals surface area contributed by atoms with Crippen LogP contribution in [-0.4, -0.2) is 48.5 Å². The van der Waals surface area contributed by atoms with E-state index in [1.165, 1.54) is 45.2 Å². The van der Waals surface area contributed by atoms with Gasteiger partial charge in [-0.2, -0.15) is 0 Å². The molecule has 3 nitrogen and oxygen atoms in total. The molecule has 0 amide bonds. The fourth-order valence-corrected chi connectivity index (χ4v) is 3.92. The highest BCUT2D eigenvalue weighted by Gasteiger charge is 2.46. The summed E-state index contributed by atoms with van der Waals surface area (Å²) >= 11 is 0. The third-order valence-electron chi connectivity index (χ3n) is 4.97. The van der Waals surface area contributed by atoms with Gasteiger partial charge in [-0.3, -0.25) is 4.90 Å². The van der Waals surface area contributed by atoms with Crippen LogP contribution >= 0.6 is 0 Å². The largest absolute Gasteiger partial charge is 0.389 e. The molecule has 3 rings (SSSR count). The van der Waals surface area contributed by atoms with Crippen LogP contribution in [0.5, 0.6) is 0 Å². The van der Waals surface area contributed by atoms with Gasteiger partial charge in [0, 0.05) is 38.3 Å². The Morgan fingerprint density at radius 1 is 0.941 bits per heavy atom. The van der Waals surface area contributed by atoms with E-state index in [1.54, 1.807) is 0 Å². The van der Waals surface area contributed by atoms with Crippen molar-refractivity contribution in [2.24, 2.45) is 5.41 Å². The summed E-state index contributed by atoms with van der Waals surface area (Å²) in [5.74, 6) is 0. The van der Waals surface area contributed by atoms with Gasteiger partial charge < -0.3 is 9.84 Å². The molecule has 1 saturated carbocycles. The number of aliphatic hydroxyl groups is 1. The Balaban J connectivity index is 1.48. The standard InChI is InChI=1S/C14H25NO2/c16-14(4-2-1-3-5-14)12-15-10-13(11-15)6-8-17-9-7-13/h16H,1-12H2. The lowest BCUT2D eigenvalue weighted by atomic mass is 9.72. The van der Waals surface area contributed by atoms with Crippen LogP contribution in [0.2, 0.25) is 0 Å². The van der Waals surface area contributed by atoms with E-state index in [-0.39, 0.29) is 5.60 Å². The third kappa shape index (κ3) is 2.51. The molecule has 1 spiro atoms. The molecule has 0 radical (unpaired) electrons. The molecule has 3 fully saturated rings. The Kier molecular flexibility index (Phi) is 3.18. The average molecular weight is 239 g/mol. The molecule has 0 aromatic heterocycles. The summed E-state index contributed by atoms with van der Waals surface area (Å²) in [6.45, 7) is 5.18. The van der Waals surface area contributed by atoms with Gasteiger partial charge in [-0.25, -0.2) is 0 Å². The molecule has 98 valence electrons. The van der Waals surface area contributed by atoms with E-state index in [2.05, 4.69) is 4.90 Å². The Hall–Kier alpha value is -0.120.